The summed E-state index contributed by atoms with van der Waals surface area (Å²) < 4.78 is 10.8. The molecular formula is C16H24O3. The molecule has 3 nitrogen and oxygen atoms in total. The van der Waals surface area contributed by atoms with Crippen LogP contribution < -0.4 is 9.47 Å². The molecule has 106 valence electrons. The summed E-state index contributed by atoms with van der Waals surface area (Å²) in [6, 6.07) is 5.65. The topological polar surface area (TPSA) is 38.7 Å². The Morgan fingerprint density at radius 1 is 1.05 bits per heavy atom. The molecule has 1 N–H and O–H groups in total. The number of benzene rings is 1. The molecule has 0 aromatic heterocycles. The van der Waals surface area contributed by atoms with Crippen molar-refractivity contribution in [1.82, 2.24) is 0 Å². The van der Waals surface area contributed by atoms with Crippen molar-refractivity contribution in [3.05, 3.63) is 23.8 Å². The van der Waals surface area contributed by atoms with Gasteiger partial charge in [0.1, 0.15) is 11.5 Å². The molecule has 1 aromatic rings. The average Bonchev–Trinajstić information content (AvgIpc) is 2.46. The van der Waals surface area contributed by atoms with Crippen LogP contribution in [-0.4, -0.2) is 19.3 Å². The van der Waals surface area contributed by atoms with Gasteiger partial charge in [0.2, 0.25) is 0 Å². The third-order valence-corrected chi connectivity index (χ3v) is 4.40. The fourth-order valence-electron chi connectivity index (χ4n) is 3.13. The molecule has 0 spiro atoms. The van der Waals surface area contributed by atoms with E-state index in [0.29, 0.717) is 11.5 Å². The Hall–Kier alpha value is -1.22. The van der Waals surface area contributed by atoms with E-state index in [9.17, 15) is 5.11 Å². The van der Waals surface area contributed by atoms with E-state index in [2.05, 4.69) is 6.92 Å². The van der Waals surface area contributed by atoms with Gasteiger partial charge in [0.05, 0.1) is 25.9 Å². The summed E-state index contributed by atoms with van der Waals surface area (Å²) in [5.41, 5.74) is 0.706. The maximum atomic E-state index is 10.9. The van der Waals surface area contributed by atoms with Crippen LogP contribution >= 0.6 is 0 Å². The predicted octanol–water partition coefficient (Wildman–Crippen LogP) is 3.71. The Bertz CT molecular complexity index is 400. The lowest BCUT2D eigenvalue weighted by Gasteiger charge is -2.38. The molecule has 0 heterocycles. The van der Waals surface area contributed by atoms with E-state index in [1.54, 1.807) is 14.2 Å². The Kier molecular flexibility index (Phi) is 4.35. The van der Waals surface area contributed by atoms with Crippen LogP contribution in [0.3, 0.4) is 0 Å². The molecule has 19 heavy (non-hydrogen) atoms. The molecule has 3 heteroatoms. The molecule has 1 unspecified atom stereocenters. The summed E-state index contributed by atoms with van der Waals surface area (Å²) in [6.45, 7) is 2.17. The number of methoxy groups -OCH3 is 2. The summed E-state index contributed by atoms with van der Waals surface area (Å²) >= 11 is 0. The van der Waals surface area contributed by atoms with Crippen LogP contribution in [0, 0.1) is 5.41 Å². The molecule has 1 saturated carbocycles. The zero-order chi connectivity index (χ0) is 13.9. The highest BCUT2D eigenvalue weighted by atomic mass is 16.5. The molecule has 0 amide bonds. The monoisotopic (exact) mass is 264 g/mol. The molecule has 1 aliphatic carbocycles. The Labute approximate surface area is 115 Å². The molecule has 0 aliphatic heterocycles. The van der Waals surface area contributed by atoms with E-state index in [1.807, 2.05) is 18.2 Å². The number of aliphatic hydroxyl groups is 1. The Morgan fingerprint density at radius 3 is 2.05 bits per heavy atom. The number of ether oxygens (including phenoxy) is 2. The smallest absolute Gasteiger partial charge is 0.128 e. The van der Waals surface area contributed by atoms with Gasteiger partial charge in [0.15, 0.2) is 0 Å². The second-order valence-corrected chi connectivity index (χ2v) is 5.69. The first-order valence-corrected chi connectivity index (χ1v) is 7.01. The fourth-order valence-corrected chi connectivity index (χ4v) is 3.13. The largest absolute Gasteiger partial charge is 0.496 e. The maximum Gasteiger partial charge on any atom is 0.128 e. The van der Waals surface area contributed by atoms with E-state index in [0.717, 1.165) is 18.4 Å². The van der Waals surface area contributed by atoms with Crippen LogP contribution in [0.5, 0.6) is 11.5 Å². The minimum Gasteiger partial charge on any atom is -0.496 e. The van der Waals surface area contributed by atoms with Crippen LogP contribution in [-0.2, 0) is 0 Å². The summed E-state index contributed by atoms with van der Waals surface area (Å²) in [6.07, 6.45) is 5.20. The van der Waals surface area contributed by atoms with Gasteiger partial charge < -0.3 is 14.6 Å². The normalized spacial score (nSPS) is 19.8. The second kappa shape index (κ2) is 5.83. The minimum absolute atomic E-state index is 0.0832. The van der Waals surface area contributed by atoms with Crippen LogP contribution in [0.15, 0.2) is 18.2 Å². The summed E-state index contributed by atoms with van der Waals surface area (Å²) in [4.78, 5) is 0. The third-order valence-electron chi connectivity index (χ3n) is 4.40. The van der Waals surface area contributed by atoms with Crippen molar-refractivity contribution < 1.29 is 14.6 Å². The van der Waals surface area contributed by atoms with Crippen LogP contribution in [0.1, 0.15) is 50.7 Å². The quantitative estimate of drug-likeness (QED) is 0.901. The highest BCUT2D eigenvalue weighted by Gasteiger charge is 2.38. The third kappa shape index (κ3) is 2.71. The number of aliphatic hydroxyl groups excluding tert-OH is 1. The maximum absolute atomic E-state index is 10.9. The first-order chi connectivity index (χ1) is 9.12. The van der Waals surface area contributed by atoms with Crippen LogP contribution in [0.25, 0.3) is 0 Å². The van der Waals surface area contributed by atoms with E-state index in [1.165, 1.54) is 19.3 Å². The van der Waals surface area contributed by atoms with Crippen molar-refractivity contribution in [3.63, 3.8) is 0 Å². The first-order valence-electron chi connectivity index (χ1n) is 7.01. The molecule has 2 rings (SSSR count). The van der Waals surface area contributed by atoms with E-state index >= 15 is 0 Å². The summed E-state index contributed by atoms with van der Waals surface area (Å²) in [5.74, 6) is 1.41. The Balaban J connectivity index is 2.39. The molecule has 0 bridgehead atoms. The van der Waals surface area contributed by atoms with Crippen LogP contribution in [0.2, 0.25) is 0 Å². The zero-order valence-electron chi connectivity index (χ0n) is 12.1. The lowest BCUT2D eigenvalue weighted by Crippen LogP contribution is -2.28. The number of rotatable bonds is 4. The van der Waals surface area contributed by atoms with Crippen molar-refractivity contribution in [1.29, 1.82) is 0 Å². The van der Waals surface area contributed by atoms with Crippen molar-refractivity contribution in [2.45, 2.75) is 45.1 Å². The van der Waals surface area contributed by atoms with Gasteiger partial charge in [-0.05, 0) is 30.4 Å². The van der Waals surface area contributed by atoms with Gasteiger partial charge >= 0.3 is 0 Å². The SMILES string of the molecule is COc1cccc(OC)c1C(O)C1(C)CCCCC1. The van der Waals surface area contributed by atoms with E-state index in [4.69, 9.17) is 9.47 Å². The molecule has 1 fully saturated rings. The summed E-state index contributed by atoms with van der Waals surface area (Å²) in [7, 11) is 3.27. The predicted molar refractivity (Wildman–Crippen MR) is 75.7 cm³/mol. The number of hydrogen-bond donors (Lipinski definition) is 1. The zero-order valence-corrected chi connectivity index (χ0v) is 12.1. The van der Waals surface area contributed by atoms with Crippen molar-refractivity contribution in [2.75, 3.05) is 14.2 Å². The van der Waals surface area contributed by atoms with Gasteiger partial charge in [0, 0.05) is 0 Å². The second-order valence-electron chi connectivity index (χ2n) is 5.69. The standard InChI is InChI=1S/C16H24O3/c1-16(10-5-4-6-11-16)15(17)14-12(18-2)8-7-9-13(14)19-3/h7-9,15,17H,4-6,10-11H2,1-3H3. The van der Waals surface area contributed by atoms with Gasteiger partial charge in [-0.2, -0.15) is 0 Å². The van der Waals surface area contributed by atoms with Gasteiger partial charge in [-0.15, -0.1) is 0 Å². The van der Waals surface area contributed by atoms with Crippen molar-refractivity contribution >= 4 is 0 Å². The van der Waals surface area contributed by atoms with Crippen molar-refractivity contribution in [2.24, 2.45) is 5.41 Å². The highest BCUT2D eigenvalue weighted by Crippen LogP contribution is 2.49. The van der Waals surface area contributed by atoms with Gasteiger partial charge in [0.25, 0.3) is 0 Å². The summed E-state index contributed by atoms with van der Waals surface area (Å²) in [5, 5.41) is 10.9. The molecule has 1 aliphatic rings. The first kappa shape index (κ1) is 14.2. The van der Waals surface area contributed by atoms with Gasteiger partial charge in [-0.1, -0.05) is 32.3 Å². The molecule has 1 atom stereocenters. The lowest BCUT2D eigenvalue weighted by molar-refractivity contribution is 0.00516. The molecule has 0 radical (unpaired) electrons. The van der Waals surface area contributed by atoms with Crippen LogP contribution in [0.4, 0.5) is 0 Å². The lowest BCUT2D eigenvalue weighted by atomic mass is 9.70. The van der Waals surface area contributed by atoms with Crippen molar-refractivity contribution in [3.8, 4) is 11.5 Å². The van der Waals surface area contributed by atoms with Gasteiger partial charge in [-0.25, -0.2) is 0 Å². The molecule has 0 saturated heterocycles. The van der Waals surface area contributed by atoms with E-state index in [-0.39, 0.29) is 5.41 Å². The fraction of sp³-hybridized carbons (Fsp3) is 0.625. The minimum atomic E-state index is -0.543. The number of hydrogen-bond acceptors (Lipinski definition) is 3. The molecule has 1 aromatic carbocycles. The van der Waals surface area contributed by atoms with E-state index < -0.39 is 6.10 Å². The molecular weight excluding hydrogens is 240 g/mol. The van der Waals surface area contributed by atoms with Gasteiger partial charge in [-0.3, -0.25) is 0 Å². The Morgan fingerprint density at radius 2 is 1.58 bits per heavy atom. The highest BCUT2D eigenvalue weighted by molar-refractivity contribution is 5.47. The average molecular weight is 264 g/mol.